The predicted octanol–water partition coefficient (Wildman–Crippen LogP) is 0.427. The molecule has 1 saturated carbocycles. The number of benzene rings is 1. The lowest BCUT2D eigenvalue weighted by Crippen LogP contribution is -2.49. The minimum atomic E-state index is -3.76. The van der Waals surface area contributed by atoms with Gasteiger partial charge in [-0.15, -0.1) is 0 Å². The van der Waals surface area contributed by atoms with Crippen LogP contribution >= 0.6 is 0 Å². The van der Waals surface area contributed by atoms with Gasteiger partial charge < -0.3 is 15.4 Å². The summed E-state index contributed by atoms with van der Waals surface area (Å²) in [5.41, 5.74) is -0.155. The zero-order chi connectivity index (χ0) is 24.9. The van der Waals surface area contributed by atoms with Gasteiger partial charge in [-0.05, 0) is 55.7 Å². The molecule has 1 aromatic rings. The average molecular weight is 495 g/mol. The fraction of sp³-hybridized carbons (Fsp3) is 0.545. The maximum atomic E-state index is 12.8. The summed E-state index contributed by atoms with van der Waals surface area (Å²) in [5, 5.41) is 10.4. The van der Waals surface area contributed by atoms with Crippen LogP contribution in [0.2, 0.25) is 0 Å². The molecule has 1 heterocycles. The average Bonchev–Trinajstić information content (AvgIpc) is 3.02. The van der Waals surface area contributed by atoms with Crippen molar-refractivity contribution in [2.24, 2.45) is 11.1 Å². The number of primary sulfonamides is 1. The van der Waals surface area contributed by atoms with Gasteiger partial charge in [-0.3, -0.25) is 19.3 Å². The summed E-state index contributed by atoms with van der Waals surface area (Å²) < 4.78 is 27.4. The van der Waals surface area contributed by atoms with E-state index in [2.05, 4.69) is 17.6 Å². The van der Waals surface area contributed by atoms with Gasteiger partial charge in [-0.1, -0.05) is 25.5 Å². The Morgan fingerprint density at radius 1 is 1.21 bits per heavy atom. The summed E-state index contributed by atoms with van der Waals surface area (Å²) in [6.45, 7) is 1.24. The molecule has 186 valence electrons. The van der Waals surface area contributed by atoms with Crippen molar-refractivity contribution in [1.82, 2.24) is 15.5 Å². The van der Waals surface area contributed by atoms with E-state index in [-0.39, 0.29) is 11.4 Å². The van der Waals surface area contributed by atoms with Crippen molar-refractivity contribution in [2.45, 2.75) is 55.9 Å². The fourth-order valence-electron chi connectivity index (χ4n) is 4.30. The molecule has 2 aliphatic rings. The highest BCUT2D eigenvalue weighted by molar-refractivity contribution is 7.89. The minimum absolute atomic E-state index is 0.00285. The molecular formula is C22H30N4O7S. The first kappa shape index (κ1) is 25.6. The van der Waals surface area contributed by atoms with E-state index in [1.54, 1.807) is 12.1 Å². The Hall–Kier alpha value is -2.99. The summed E-state index contributed by atoms with van der Waals surface area (Å²) in [5.74, 6) is -1.27. The van der Waals surface area contributed by atoms with Crippen LogP contribution in [0, 0.1) is 5.92 Å². The van der Waals surface area contributed by atoms with E-state index in [1.807, 2.05) is 0 Å². The Labute approximate surface area is 198 Å². The molecule has 0 unspecified atom stereocenters. The molecule has 12 heteroatoms. The molecule has 4 N–H and O–H groups in total. The van der Waals surface area contributed by atoms with Crippen molar-refractivity contribution in [3.63, 3.8) is 0 Å². The first-order valence-corrected chi connectivity index (χ1v) is 12.8. The van der Waals surface area contributed by atoms with E-state index in [4.69, 9.17) is 9.88 Å². The van der Waals surface area contributed by atoms with Crippen LogP contribution in [-0.4, -0.2) is 62.4 Å². The number of nitrogens with zero attached hydrogens (tertiary/aromatic N) is 1. The number of amides is 4. The van der Waals surface area contributed by atoms with Crippen molar-refractivity contribution in [3.8, 4) is 0 Å². The Morgan fingerprint density at radius 2 is 1.85 bits per heavy atom. The summed E-state index contributed by atoms with van der Waals surface area (Å²) >= 11 is 0. The van der Waals surface area contributed by atoms with Gasteiger partial charge in [0.25, 0.3) is 11.8 Å². The van der Waals surface area contributed by atoms with Crippen LogP contribution in [0.5, 0.6) is 0 Å². The molecule has 0 radical (unpaired) electrons. The number of hydrogen-bond donors (Lipinski definition) is 3. The highest BCUT2D eigenvalue weighted by Crippen LogP contribution is 2.37. The standard InChI is InChI=1S/C22H30N4O7S/c1-2-15-7-10-22(11-8-15)20(29)26(21(30)25-22)13-19(28)33-14-18(27)24-12-9-16-3-5-17(6-4-16)34(23,31)32/h3-6,15H,2,7-14H2,1H3,(H,24,27)(H,25,30)(H2,23,31,32). The fourth-order valence-corrected chi connectivity index (χ4v) is 4.82. The molecule has 11 nitrogen and oxygen atoms in total. The number of carbonyl (C=O) groups excluding carboxylic acids is 4. The van der Waals surface area contributed by atoms with Crippen molar-refractivity contribution in [3.05, 3.63) is 29.8 Å². The smallest absolute Gasteiger partial charge is 0.326 e. The summed E-state index contributed by atoms with van der Waals surface area (Å²) in [4.78, 5) is 50.1. The monoisotopic (exact) mass is 494 g/mol. The first-order valence-electron chi connectivity index (χ1n) is 11.2. The number of esters is 1. The number of urea groups is 1. The summed E-state index contributed by atoms with van der Waals surface area (Å²) in [6.07, 6.45) is 4.24. The zero-order valence-corrected chi connectivity index (χ0v) is 19.9. The molecule has 34 heavy (non-hydrogen) atoms. The normalized spacial score (nSPS) is 22.5. The van der Waals surface area contributed by atoms with Crippen LogP contribution in [0.1, 0.15) is 44.6 Å². The molecule has 2 fully saturated rings. The Balaban J connectivity index is 1.39. The molecule has 4 amide bonds. The van der Waals surface area contributed by atoms with Gasteiger partial charge >= 0.3 is 12.0 Å². The van der Waals surface area contributed by atoms with Crippen LogP contribution in [-0.2, 0) is 35.6 Å². The van der Waals surface area contributed by atoms with Gasteiger partial charge in [-0.25, -0.2) is 18.4 Å². The highest BCUT2D eigenvalue weighted by Gasteiger charge is 2.52. The second-order valence-electron chi connectivity index (χ2n) is 8.70. The summed E-state index contributed by atoms with van der Waals surface area (Å²) in [7, 11) is -3.76. The van der Waals surface area contributed by atoms with Crippen molar-refractivity contribution in [2.75, 3.05) is 19.7 Å². The van der Waals surface area contributed by atoms with E-state index >= 15 is 0 Å². The lowest BCUT2D eigenvalue weighted by Gasteiger charge is -2.34. The van der Waals surface area contributed by atoms with E-state index < -0.39 is 52.5 Å². The Kier molecular flexibility index (Phi) is 7.93. The van der Waals surface area contributed by atoms with Crippen LogP contribution in [0.3, 0.4) is 0 Å². The number of imide groups is 1. The number of ether oxygens (including phenoxy) is 1. The van der Waals surface area contributed by atoms with Gasteiger partial charge in [0.2, 0.25) is 10.0 Å². The van der Waals surface area contributed by atoms with Crippen LogP contribution in [0.4, 0.5) is 4.79 Å². The third-order valence-corrected chi connectivity index (χ3v) is 7.35. The van der Waals surface area contributed by atoms with E-state index in [9.17, 15) is 27.6 Å². The lowest BCUT2D eigenvalue weighted by atomic mass is 9.75. The quantitative estimate of drug-likeness (QED) is 0.331. The van der Waals surface area contributed by atoms with E-state index in [0.717, 1.165) is 29.7 Å². The van der Waals surface area contributed by atoms with Crippen molar-refractivity contribution < 1.29 is 32.3 Å². The minimum Gasteiger partial charge on any atom is -0.454 e. The Morgan fingerprint density at radius 3 is 2.44 bits per heavy atom. The predicted molar refractivity (Wildman–Crippen MR) is 121 cm³/mol. The second kappa shape index (κ2) is 10.5. The van der Waals surface area contributed by atoms with Crippen molar-refractivity contribution in [1.29, 1.82) is 0 Å². The molecule has 3 rings (SSSR count). The topological polar surface area (TPSA) is 165 Å². The Bertz CT molecular complexity index is 1050. The molecule has 1 aliphatic carbocycles. The first-order chi connectivity index (χ1) is 16.0. The maximum Gasteiger partial charge on any atom is 0.326 e. The molecule has 1 aromatic carbocycles. The third kappa shape index (κ3) is 6.11. The number of rotatable bonds is 9. The van der Waals surface area contributed by atoms with Gasteiger partial charge in [0, 0.05) is 6.54 Å². The van der Waals surface area contributed by atoms with Gasteiger partial charge in [0.05, 0.1) is 4.90 Å². The maximum absolute atomic E-state index is 12.8. The number of nitrogens with one attached hydrogen (secondary N) is 2. The molecule has 0 aromatic heterocycles. The van der Waals surface area contributed by atoms with E-state index in [0.29, 0.717) is 25.2 Å². The zero-order valence-electron chi connectivity index (χ0n) is 19.0. The molecule has 1 aliphatic heterocycles. The third-order valence-electron chi connectivity index (χ3n) is 6.42. The number of sulfonamides is 1. The summed E-state index contributed by atoms with van der Waals surface area (Å²) in [6, 6.07) is 5.32. The molecule has 0 atom stereocenters. The second-order valence-corrected chi connectivity index (χ2v) is 10.3. The molecule has 1 spiro atoms. The number of hydrogen-bond acceptors (Lipinski definition) is 7. The SMILES string of the molecule is CCC1CCC2(CC1)NC(=O)N(CC(=O)OCC(=O)NCCc1ccc(S(N)(=O)=O)cc1)C2=O. The number of nitrogens with two attached hydrogens (primary N) is 1. The van der Waals surface area contributed by atoms with Crippen LogP contribution in [0.15, 0.2) is 29.2 Å². The molecular weight excluding hydrogens is 464 g/mol. The van der Waals surface area contributed by atoms with Crippen LogP contribution in [0.25, 0.3) is 0 Å². The van der Waals surface area contributed by atoms with Gasteiger partial charge in [-0.2, -0.15) is 0 Å². The lowest BCUT2D eigenvalue weighted by molar-refractivity contribution is -0.151. The highest BCUT2D eigenvalue weighted by atomic mass is 32.2. The van der Waals surface area contributed by atoms with Gasteiger partial charge in [0.15, 0.2) is 6.61 Å². The molecule has 1 saturated heterocycles. The number of carbonyl (C=O) groups is 4. The van der Waals surface area contributed by atoms with Crippen molar-refractivity contribution >= 4 is 33.8 Å². The van der Waals surface area contributed by atoms with Gasteiger partial charge in [0.1, 0.15) is 12.1 Å². The van der Waals surface area contributed by atoms with Crippen LogP contribution < -0.4 is 15.8 Å². The largest absolute Gasteiger partial charge is 0.454 e. The van der Waals surface area contributed by atoms with E-state index in [1.165, 1.54) is 12.1 Å². The molecule has 0 bridgehead atoms.